The summed E-state index contributed by atoms with van der Waals surface area (Å²) in [7, 11) is 0. The highest BCUT2D eigenvalue weighted by Crippen LogP contribution is 2.20. The van der Waals surface area contributed by atoms with E-state index in [1.54, 1.807) is 0 Å². The first-order valence-corrected chi connectivity index (χ1v) is 36.5. The van der Waals surface area contributed by atoms with Gasteiger partial charge in [-0.05, 0) is 19.3 Å². The van der Waals surface area contributed by atoms with E-state index in [9.17, 15) is 14.4 Å². The van der Waals surface area contributed by atoms with Crippen LogP contribution in [0.2, 0.25) is 0 Å². The van der Waals surface area contributed by atoms with E-state index in [1.165, 1.54) is 334 Å². The van der Waals surface area contributed by atoms with Crippen molar-refractivity contribution in [3.63, 3.8) is 0 Å². The van der Waals surface area contributed by atoms with E-state index in [-0.39, 0.29) is 31.1 Å². The van der Waals surface area contributed by atoms with E-state index < -0.39 is 6.10 Å². The quantitative estimate of drug-likeness (QED) is 0.0343. The molecule has 79 heavy (non-hydrogen) atoms. The lowest BCUT2D eigenvalue weighted by Gasteiger charge is -2.18. The fraction of sp³-hybridized carbons (Fsp3) is 0.959. The highest BCUT2D eigenvalue weighted by atomic mass is 16.6. The largest absolute Gasteiger partial charge is 0.462 e. The van der Waals surface area contributed by atoms with Crippen LogP contribution >= 0.6 is 0 Å². The van der Waals surface area contributed by atoms with Gasteiger partial charge in [0, 0.05) is 19.3 Å². The Morgan fingerprint density at radius 2 is 0.342 bits per heavy atom. The summed E-state index contributed by atoms with van der Waals surface area (Å²) in [5.74, 6) is -0.836. The summed E-state index contributed by atoms with van der Waals surface area (Å²) in [5.41, 5.74) is 0. The monoisotopic (exact) mass is 1120 g/mol. The lowest BCUT2D eigenvalue weighted by molar-refractivity contribution is -0.167. The summed E-state index contributed by atoms with van der Waals surface area (Å²) in [6, 6.07) is 0. The van der Waals surface area contributed by atoms with E-state index in [0.29, 0.717) is 19.3 Å². The molecule has 0 rings (SSSR count). The number of carbonyl (C=O) groups excluding carboxylic acids is 3. The van der Waals surface area contributed by atoms with Gasteiger partial charge in [-0.15, -0.1) is 0 Å². The van der Waals surface area contributed by atoms with E-state index in [0.717, 1.165) is 57.8 Å². The standard InChI is InChI=1S/C73H142O6/c1-4-7-10-13-16-18-20-22-24-26-28-30-32-34-35-36-37-38-39-40-42-43-45-47-49-51-53-55-57-60-63-66-72(75)78-69-70(68-77-71(74)65-62-59-15-12-9-6-3)79-73(76)67-64-61-58-56-54-52-50-48-46-44-41-33-31-29-27-25-23-21-19-17-14-11-8-5-2/h70H,4-69H2,1-3H3. The van der Waals surface area contributed by atoms with E-state index in [1.807, 2.05) is 0 Å². The molecule has 0 radical (unpaired) electrons. The average Bonchev–Trinajstić information content (AvgIpc) is 3.45. The second-order valence-corrected chi connectivity index (χ2v) is 25.2. The number of esters is 3. The molecule has 0 aliphatic carbocycles. The first kappa shape index (κ1) is 77.4. The van der Waals surface area contributed by atoms with Crippen LogP contribution in [0.5, 0.6) is 0 Å². The molecule has 0 saturated carbocycles. The van der Waals surface area contributed by atoms with Gasteiger partial charge in [0.2, 0.25) is 0 Å². The van der Waals surface area contributed by atoms with Gasteiger partial charge in [-0.1, -0.05) is 393 Å². The Kier molecular flexibility index (Phi) is 67.5. The second-order valence-electron chi connectivity index (χ2n) is 25.2. The van der Waals surface area contributed by atoms with Gasteiger partial charge < -0.3 is 14.2 Å². The summed E-state index contributed by atoms with van der Waals surface area (Å²) in [6.07, 6.45) is 82.0. The highest BCUT2D eigenvalue weighted by molar-refractivity contribution is 5.71. The number of ether oxygens (including phenoxy) is 3. The maximum Gasteiger partial charge on any atom is 0.306 e. The predicted octanol–water partition coefficient (Wildman–Crippen LogP) is 25.0. The molecular weight excluding hydrogens is 973 g/mol. The molecule has 1 unspecified atom stereocenters. The minimum Gasteiger partial charge on any atom is -0.462 e. The molecule has 0 bridgehead atoms. The van der Waals surface area contributed by atoms with Crippen molar-refractivity contribution >= 4 is 17.9 Å². The molecule has 0 spiro atoms. The lowest BCUT2D eigenvalue weighted by atomic mass is 10.0. The van der Waals surface area contributed by atoms with Crippen LogP contribution < -0.4 is 0 Å². The van der Waals surface area contributed by atoms with Crippen LogP contribution in [-0.2, 0) is 28.6 Å². The van der Waals surface area contributed by atoms with Gasteiger partial charge in [-0.25, -0.2) is 0 Å². The average molecular weight is 1120 g/mol. The Labute approximate surface area is 495 Å². The Balaban J connectivity index is 3.91. The molecule has 470 valence electrons. The Bertz CT molecular complexity index is 1190. The Hall–Kier alpha value is -1.59. The molecule has 0 aromatic rings. The Morgan fingerprint density at radius 3 is 0.506 bits per heavy atom. The topological polar surface area (TPSA) is 78.9 Å². The summed E-state index contributed by atoms with van der Waals surface area (Å²) < 4.78 is 16.9. The number of unbranched alkanes of at least 4 members (excludes halogenated alkanes) is 58. The van der Waals surface area contributed by atoms with Gasteiger partial charge in [0.05, 0.1) is 0 Å². The van der Waals surface area contributed by atoms with Gasteiger partial charge in [0.15, 0.2) is 6.10 Å². The van der Waals surface area contributed by atoms with Gasteiger partial charge in [0.1, 0.15) is 13.2 Å². The van der Waals surface area contributed by atoms with Crippen molar-refractivity contribution in [2.24, 2.45) is 0 Å². The smallest absolute Gasteiger partial charge is 0.306 e. The zero-order valence-electron chi connectivity index (χ0n) is 54.2. The maximum absolute atomic E-state index is 12.9. The van der Waals surface area contributed by atoms with Crippen LogP contribution in [0.3, 0.4) is 0 Å². The van der Waals surface area contributed by atoms with E-state index in [2.05, 4.69) is 20.8 Å². The molecule has 0 amide bonds. The number of carbonyl (C=O) groups is 3. The molecule has 1 atom stereocenters. The molecular formula is C73H142O6. The zero-order valence-corrected chi connectivity index (χ0v) is 54.2. The summed E-state index contributed by atoms with van der Waals surface area (Å²) >= 11 is 0. The summed E-state index contributed by atoms with van der Waals surface area (Å²) in [5, 5.41) is 0. The zero-order chi connectivity index (χ0) is 57.1. The minimum absolute atomic E-state index is 0.0616. The molecule has 0 saturated heterocycles. The first-order chi connectivity index (χ1) is 39.0. The van der Waals surface area contributed by atoms with Crippen molar-refractivity contribution in [1.82, 2.24) is 0 Å². The van der Waals surface area contributed by atoms with Crippen LogP contribution in [0.1, 0.15) is 432 Å². The van der Waals surface area contributed by atoms with Crippen LogP contribution in [0, 0.1) is 0 Å². The van der Waals surface area contributed by atoms with E-state index in [4.69, 9.17) is 14.2 Å². The third kappa shape index (κ3) is 67.1. The summed E-state index contributed by atoms with van der Waals surface area (Å²) in [6.45, 7) is 6.68. The minimum atomic E-state index is -0.761. The van der Waals surface area contributed by atoms with Crippen molar-refractivity contribution in [2.45, 2.75) is 438 Å². The number of hydrogen-bond acceptors (Lipinski definition) is 6. The number of rotatable bonds is 69. The molecule has 0 aliphatic heterocycles. The number of hydrogen-bond donors (Lipinski definition) is 0. The second kappa shape index (κ2) is 68.9. The van der Waals surface area contributed by atoms with Gasteiger partial charge in [-0.3, -0.25) is 14.4 Å². The van der Waals surface area contributed by atoms with Crippen LogP contribution in [0.25, 0.3) is 0 Å². The first-order valence-electron chi connectivity index (χ1n) is 36.5. The van der Waals surface area contributed by atoms with E-state index >= 15 is 0 Å². The lowest BCUT2D eigenvalue weighted by Crippen LogP contribution is -2.30. The molecule has 0 N–H and O–H groups in total. The molecule has 6 nitrogen and oxygen atoms in total. The molecule has 6 heteroatoms. The molecule has 0 fully saturated rings. The van der Waals surface area contributed by atoms with Gasteiger partial charge in [0.25, 0.3) is 0 Å². The van der Waals surface area contributed by atoms with Crippen molar-refractivity contribution < 1.29 is 28.6 Å². The Morgan fingerprint density at radius 1 is 0.203 bits per heavy atom. The third-order valence-corrected chi connectivity index (χ3v) is 17.1. The molecule has 0 heterocycles. The van der Waals surface area contributed by atoms with Crippen LogP contribution in [0.15, 0.2) is 0 Å². The van der Waals surface area contributed by atoms with Crippen molar-refractivity contribution in [3.05, 3.63) is 0 Å². The maximum atomic E-state index is 12.9. The molecule has 0 aromatic carbocycles. The molecule has 0 aromatic heterocycles. The van der Waals surface area contributed by atoms with Crippen molar-refractivity contribution in [3.8, 4) is 0 Å². The van der Waals surface area contributed by atoms with Crippen molar-refractivity contribution in [1.29, 1.82) is 0 Å². The third-order valence-electron chi connectivity index (χ3n) is 17.1. The SMILES string of the molecule is CCCCCCCCCCCCCCCCCCCCCCCCCCCCCCCCCC(=O)OCC(COC(=O)CCCCCCCC)OC(=O)CCCCCCCCCCCCCCCCCCCCCCCCCC. The fourth-order valence-electron chi connectivity index (χ4n) is 11.6. The predicted molar refractivity (Wildman–Crippen MR) is 344 cm³/mol. The van der Waals surface area contributed by atoms with Crippen LogP contribution in [0.4, 0.5) is 0 Å². The summed E-state index contributed by atoms with van der Waals surface area (Å²) in [4.78, 5) is 38.1. The van der Waals surface area contributed by atoms with Gasteiger partial charge >= 0.3 is 17.9 Å². The van der Waals surface area contributed by atoms with Crippen molar-refractivity contribution in [2.75, 3.05) is 13.2 Å². The molecule has 0 aliphatic rings. The highest BCUT2D eigenvalue weighted by Gasteiger charge is 2.20. The van der Waals surface area contributed by atoms with Crippen LogP contribution in [-0.4, -0.2) is 37.2 Å². The van der Waals surface area contributed by atoms with Gasteiger partial charge in [-0.2, -0.15) is 0 Å². The normalized spacial score (nSPS) is 11.9. The fourth-order valence-corrected chi connectivity index (χ4v) is 11.6.